The van der Waals surface area contributed by atoms with Crippen molar-refractivity contribution < 1.29 is 9.21 Å². The summed E-state index contributed by atoms with van der Waals surface area (Å²) < 4.78 is 5.69. The van der Waals surface area contributed by atoms with E-state index in [2.05, 4.69) is 10.2 Å². The molecule has 2 aromatic carbocycles. The molecule has 0 N–H and O–H groups in total. The number of para-hydroxylation sites is 1. The molecule has 6 heteroatoms. The number of benzene rings is 2. The molecule has 3 rings (SSSR count). The number of anilines is 1. The third-order valence-corrected chi connectivity index (χ3v) is 4.73. The molecule has 3 aromatic rings. The van der Waals surface area contributed by atoms with Crippen molar-refractivity contribution in [2.45, 2.75) is 24.3 Å². The normalized spacial score (nSPS) is 12.0. The van der Waals surface area contributed by atoms with Crippen molar-refractivity contribution in [2.75, 3.05) is 11.9 Å². The smallest absolute Gasteiger partial charge is 0.277 e. The monoisotopic (exact) mass is 353 g/mol. The summed E-state index contributed by atoms with van der Waals surface area (Å²) in [4.78, 5) is 14.2. The molecule has 5 nitrogen and oxygen atoms in total. The molecule has 0 bridgehead atoms. The summed E-state index contributed by atoms with van der Waals surface area (Å²) in [5.41, 5.74) is 2.89. The van der Waals surface area contributed by atoms with Gasteiger partial charge in [-0.15, -0.1) is 10.2 Å². The van der Waals surface area contributed by atoms with Crippen molar-refractivity contribution in [1.82, 2.24) is 10.2 Å². The quantitative estimate of drug-likeness (QED) is 0.644. The number of nitrogens with zero attached hydrogens (tertiary/aromatic N) is 3. The highest BCUT2D eigenvalue weighted by Crippen LogP contribution is 2.27. The summed E-state index contributed by atoms with van der Waals surface area (Å²) in [6, 6.07) is 17.4. The van der Waals surface area contributed by atoms with E-state index in [1.54, 1.807) is 11.9 Å². The van der Waals surface area contributed by atoms with E-state index in [1.165, 1.54) is 17.3 Å². The van der Waals surface area contributed by atoms with Crippen molar-refractivity contribution in [3.8, 4) is 11.5 Å². The molecule has 0 aliphatic carbocycles. The maximum atomic E-state index is 12.6. The Balaban J connectivity index is 1.68. The van der Waals surface area contributed by atoms with Crippen molar-refractivity contribution in [3.63, 3.8) is 0 Å². The second-order valence-corrected chi connectivity index (χ2v) is 7.02. The number of carbonyl (C=O) groups excluding carboxylic acids is 1. The van der Waals surface area contributed by atoms with Gasteiger partial charge in [-0.3, -0.25) is 4.79 Å². The van der Waals surface area contributed by atoms with Crippen LogP contribution in [-0.2, 0) is 4.79 Å². The molecule has 1 atom stereocenters. The van der Waals surface area contributed by atoms with E-state index < -0.39 is 0 Å². The van der Waals surface area contributed by atoms with Crippen LogP contribution in [0.4, 0.5) is 5.69 Å². The Kier molecular flexibility index (Phi) is 5.19. The Morgan fingerprint density at radius 3 is 2.44 bits per heavy atom. The van der Waals surface area contributed by atoms with E-state index in [-0.39, 0.29) is 11.2 Å². The highest BCUT2D eigenvalue weighted by atomic mass is 32.2. The zero-order valence-electron chi connectivity index (χ0n) is 14.3. The van der Waals surface area contributed by atoms with Crippen molar-refractivity contribution in [1.29, 1.82) is 0 Å². The number of carbonyl (C=O) groups is 1. The molecule has 0 radical (unpaired) electrons. The van der Waals surface area contributed by atoms with Crippen molar-refractivity contribution in [2.24, 2.45) is 0 Å². The SMILES string of the molecule is Cc1ccc(-c2nnc(S[C@H](C)C(=O)N(C)c3ccccc3)o2)cc1. The molecular formula is C19H19N3O2S. The molecule has 1 aromatic heterocycles. The summed E-state index contributed by atoms with van der Waals surface area (Å²) in [6.45, 7) is 3.86. The first-order chi connectivity index (χ1) is 12.0. The van der Waals surface area contributed by atoms with Crippen LogP contribution >= 0.6 is 11.8 Å². The summed E-state index contributed by atoms with van der Waals surface area (Å²) in [6.07, 6.45) is 0. The highest BCUT2D eigenvalue weighted by molar-refractivity contribution is 8.00. The number of amides is 1. The Morgan fingerprint density at radius 2 is 1.76 bits per heavy atom. The van der Waals surface area contributed by atoms with E-state index in [0.717, 1.165) is 11.3 Å². The standard InChI is InChI=1S/C19H19N3O2S/c1-13-9-11-15(12-10-13)17-20-21-19(24-17)25-14(2)18(23)22(3)16-7-5-4-6-8-16/h4-12,14H,1-3H3/t14-/m1/s1. The van der Waals surface area contributed by atoms with E-state index in [0.29, 0.717) is 11.1 Å². The molecule has 0 saturated carbocycles. The fraction of sp³-hybridized carbons (Fsp3) is 0.211. The second kappa shape index (κ2) is 7.53. The van der Waals surface area contributed by atoms with Gasteiger partial charge in [-0.2, -0.15) is 0 Å². The van der Waals surface area contributed by atoms with Crippen LogP contribution in [0.1, 0.15) is 12.5 Å². The Bertz CT molecular complexity index is 847. The van der Waals surface area contributed by atoms with Gasteiger partial charge in [-0.25, -0.2) is 0 Å². The minimum atomic E-state index is -0.337. The first kappa shape index (κ1) is 17.2. The fourth-order valence-corrected chi connectivity index (χ4v) is 3.10. The number of thioether (sulfide) groups is 1. The lowest BCUT2D eigenvalue weighted by molar-refractivity contribution is -0.117. The maximum absolute atomic E-state index is 12.6. The molecule has 0 aliphatic heterocycles. The molecule has 0 spiro atoms. The van der Waals surface area contributed by atoms with Gasteiger partial charge in [0.25, 0.3) is 5.22 Å². The van der Waals surface area contributed by atoms with Crippen LogP contribution in [0.25, 0.3) is 11.5 Å². The average molecular weight is 353 g/mol. The largest absolute Gasteiger partial charge is 0.411 e. The zero-order valence-corrected chi connectivity index (χ0v) is 15.2. The second-order valence-electron chi connectivity index (χ2n) is 5.73. The lowest BCUT2D eigenvalue weighted by atomic mass is 10.1. The van der Waals surface area contributed by atoms with Gasteiger partial charge in [0, 0.05) is 18.3 Å². The van der Waals surface area contributed by atoms with Crippen LogP contribution in [0.3, 0.4) is 0 Å². The third-order valence-electron chi connectivity index (χ3n) is 3.80. The summed E-state index contributed by atoms with van der Waals surface area (Å²) >= 11 is 1.26. The van der Waals surface area contributed by atoms with Crippen LogP contribution in [-0.4, -0.2) is 28.4 Å². The predicted octanol–water partition coefficient (Wildman–Crippen LogP) is 4.19. The molecule has 0 saturated heterocycles. The lowest BCUT2D eigenvalue weighted by Crippen LogP contribution is -2.33. The Hall–Kier alpha value is -2.60. The van der Waals surface area contributed by atoms with Crippen LogP contribution in [0.15, 0.2) is 64.2 Å². The minimum absolute atomic E-state index is 0.0220. The van der Waals surface area contributed by atoms with E-state index in [4.69, 9.17) is 4.42 Å². The first-order valence-corrected chi connectivity index (χ1v) is 8.82. The summed E-state index contributed by atoms with van der Waals surface area (Å²) in [5.74, 6) is 0.435. The fourth-order valence-electron chi connectivity index (χ4n) is 2.32. The molecular weight excluding hydrogens is 334 g/mol. The van der Waals surface area contributed by atoms with Crippen LogP contribution in [0.2, 0.25) is 0 Å². The van der Waals surface area contributed by atoms with Crippen LogP contribution in [0, 0.1) is 6.92 Å². The zero-order chi connectivity index (χ0) is 17.8. The third kappa shape index (κ3) is 4.09. The minimum Gasteiger partial charge on any atom is -0.411 e. The molecule has 0 fully saturated rings. The van der Waals surface area contributed by atoms with Crippen molar-refractivity contribution in [3.05, 3.63) is 60.2 Å². The van der Waals surface area contributed by atoms with Gasteiger partial charge >= 0.3 is 0 Å². The van der Waals surface area contributed by atoms with E-state index >= 15 is 0 Å². The molecule has 0 unspecified atom stereocenters. The highest BCUT2D eigenvalue weighted by Gasteiger charge is 2.22. The number of aryl methyl sites for hydroxylation is 1. The topological polar surface area (TPSA) is 59.2 Å². The summed E-state index contributed by atoms with van der Waals surface area (Å²) in [5, 5.41) is 8.16. The predicted molar refractivity (Wildman–Crippen MR) is 99.6 cm³/mol. The Morgan fingerprint density at radius 1 is 1.08 bits per heavy atom. The van der Waals surface area contributed by atoms with Crippen molar-refractivity contribution >= 4 is 23.4 Å². The van der Waals surface area contributed by atoms with Gasteiger partial charge in [-0.1, -0.05) is 47.7 Å². The van der Waals surface area contributed by atoms with Gasteiger partial charge in [-0.05, 0) is 38.1 Å². The van der Waals surface area contributed by atoms with E-state index in [1.807, 2.05) is 68.4 Å². The van der Waals surface area contributed by atoms with Gasteiger partial charge in [0.05, 0.1) is 5.25 Å². The molecule has 1 amide bonds. The summed E-state index contributed by atoms with van der Waals surface area (Å²) in [7, 11) is 1.76. The molecule has 1 heterocycles. The number of hydrogen-bond donors (Lipinski definition) is 0. The first-order valence-electron chi connectivity index (χ1n) is 7.94. The van der Waals surface area contributed by atoms with Gasteiger partial charge in [0.15, 0.2) is 0 Å². The number of hydrogen-bond acceptors (Lipinski definition) is 5. The van der Waals surface area contributed by atoms with Gasteiger partial charge in [0.1, 0.15) is 0 Å². The average Bonchev–Trinajstić information content (AvgIpc) is 3.10. The molecule has 25 heavy (non-hydrogen) atoms. The number of aromatic nitrogens is 2. The van der Waals surface area contributed by atoms with E-state index in [9.17, 15) is 4.79 Å². The van der Waals surface area contributed by atoms with Crippen LogP contribution < -0.4 is 4.90 Å². The van der Waals surface area contributed by atoms with Gasteiger partial charge < -0.3 is 9.32 Å². The Labute approximate surface area is 151 Å². The van der Waals surface area contributed by atoms with Crippen LogP contribution in [0.5, 0.6) is 0 Å². The number of rotatable bonds is 5. The molecule has 128 valence electrons. The maximum Gasteiger partial charge on any atom is 0.277 e. The van der Waals surface area contributed by atoms with Gasteiger partial charge in [0.2, 0.25) is 11.8 Å². The lowest BCUT2D eigenvalue weighted by Gasteiger charge is -2.20. The molecule has 0 aliphatic rings.